The number of aromatic nitrogens is 2. The minimum Gasteiger partial charge on any atom is -0.384 e. The average Bonchev–Trinajstić information content (AvgIpc) is 3.44. The third kappa shape index (κ3) is 5.85. The van der Waals surface area contributed by atoms with Crippen LogP contribution in [-0.2, 0) is 16.6 Å². The van der Waals surface area contributed by atoms with Gasteiger partial charge in [0, 0.05) is 43.4 Å². The zero-order valence-electron chi connectivity index (χ0n) is 21.2. The highest BCUT2D eigenvalue weighted by Gasteiger charge is 2.41. The summed E-state index contributed by atoms with van der Waals surface area (Å²) < 4.78 is 39.9. The van der Waals surface area contributed by atoms with Crippen molar-refractivity contribution in [3.63, 3.8) is 0 Å². The standard InChI is InChI=1S/C26H29F3N6O3S/c1-30-24(37)21-9-20(18-8-15(26(27,28)29)2-3-19(18)34-21)32-11-23(36)33-16-12-35(13-16)17-4-6-25(38,7-5-17)22-10-31-14-39-22/h2-3,8-10,14,16-17,38H,4-7,11-13H2,1H3,(H,30,37)(H,32,34)(H,33,36)/t17-,25-. The van der Waals surface area contributed by atoms with Crippen LogP contribution in [0.1, 0.15) is 46.6 Å². The van der Waals surface area contributed by atoms with Crippen molar-refractivity contribution in [3.05, 3.63) is 52.1 Å². The lowest BCUT2D eigenvalue weighted by Gasteiger charge is -2.48. The maximum Gasteiger partial charge on any atom is 0.416 e. The van der Waals surface area contributed by atoms with Crippen LogP contribution in [-0.4, -0.2) is 70.6 Å². The quantitative estimate of drug-likeness (QED) is 0.349. The summed E-state index contributed by atoms with van der Waals surface area (Å²) in [4.78, 5) is 36.2. The average molecular weight is 563 g/mol. The summed E-state index contributed by atoms with van der Waals surface area (Å²) in [5, 5.41) is 19.4. The summed E-state index contributed by atoms with van der Waals surface area (Å²) in [7, 11) is 1.43. The molecule has 0 bridgehead atoms. The first-order valence-corrected chi connectivity index (χ1v) is 13.6. The predicted molar refractivity (Wildman–Crippen MR) is 140 cm³/mol. The van der Waals surface area contributed by atoms with Gasteiger partial charge in [-0.25, -0.2) is 4.98 Å². The zero-order valence-corrected chi connectivity index (χ0v) is 22.0. The molecule has 0 atom stereocenters. The Balaban J connectivity index is 1.17. The molecular weight excluding hydrogens is 533 g/mol. The molecule has 0 unspecified atom stereocenters. The Labute approximate surface area is 226 Å². The Hall–Kier alpha value is -3.29. The molecule has 208 valence electrons. The number of anilines is 1. The van der Waals surface area contributed by atoms with Gasteiger partial charge < -0.3 is 21.1 Å². The Bertz CT molecular complexity index is 1350. The van der Waals surface area contributed by atoms with Gasteiger partial charge in [-0.3, -0.25) is 19.5 Å². The summed E-state index contributed by atoms with van der Waals surface area (Å²) in [5.41, 5.74) is 0.519. The topological polar surface area (TPSA) is 119 Å². The molecule has 2 aliphatic rings. The summed E-state index contributed by atoms with van der Waals surface area (Å²) in [6.45, 7) is 1.22. The molecule has 2 aromatic heterocycles. The Kier molecular flexibility index (Phi) is 7.49. The fourth-order valence-electron chi connectivity index (χ4n) is 5.29. The monoisotopic (exact) mass is 562 g/mol. The third-order valence-corrected chi connectivity index (χ3v) is 8.47. The maximum absolute atomic E-state index is 13.3. The van der Waals surface area contributed by atoms with E-state index >= 15 is 0 Å². The molecule has 0 radical (unpaired) electrons. The Morgan fingerprint density at radius 3 is 2.59 bits per heavy atom. The van der Waals surface area contributed by atoms with E-state index in [1.165, 1.54) is 30.5 Å². The van der Waals surface area contributed by atoms with E-state index in [9.17, 15) is 27.9 Å². The number of hydrogen-bond acceptors (Lipinski definition) is 8. The third-order valence-electron chi connectivity index (χ3n) is 7.50. The van der Waals surface area contributed by atoms with Crippen LogP contribution in [0.4, 0.5) is 18.9 Å². The summed E-state index contributed by atoms with van der Waals surface area (Å²) in [5.74, 6) is -0.798. The predicted octanol–water partition coefficient (Wildman–Crippen LogP) is 3.11. The highest BCUT2D eigenvalue weighted by atomic mass is 32.1. The van der Waals surface area contributed by atoms with Gasteiger partial charge in [0.1, 0.15) is 11.3 Å². The van der Waals surface area contributed by atoms with Crippen LogP contribution < -0.4 is 16.0 Å². The number of nitrogens with one attached hydrogen (secondary N) is 3. The normalized spacial score (nSPS) is 22.3. The lowest BCUT2D eigenvalue weighted by atomic mass is 9.80. The SMILES string of the molecule is CNC(=O)c1cc(NCC(=O)NC2CN([C@H]3CC[C@@](O)(c4cncs4)CC3)C2)c2cc(C(F)(F)F)ccc2n1. The smallest absolute Gasteiger partial charge is 0.384 e. The molecule has 0 spiro atoms. The van der Waals surface area contributed by atoms with Crippen molar-refractivity contribution < 1.29 is 27.9 Å². The van der Waals surface area contributed by atoms with Crippen molar-refractivity contribution in [3.8, 4) is 0 Å². The number of thiazole rings is 1. The molecule has 1 saturated heterocycles. The second-order valence-corrected chi connectivity index (χ2v) is 11.0. The highest BCUT2D eigenvalue weighted by Crippen LogP contribution is 2.41. The highest BCUT2D eigenvalue weighted by molar-refractivity contribution is 7.09. The van der Waals surface area contributed by atoms with Crippen molar-refractivity contribution in [1.82, 2.24) is 25.5 Å². The van der Waals surface area contributed by atoms with Gasteiger partial charge >= 0.3 is 6.18 Å². The van der Waals surface area contributed by atoms with Crippen LogP contribution in [0.3, 0.4) is 0 Å². The number of likely N-dealkylation sites (tertiary alicyclic amines) is 1. The molecule has 1 aliphatic heterocycles. The second kappa shape index (κ2) is 10.7. The van der Waals surface area contributed by atoms with Crippen LogP contribution in [0.15, 0.2) is 36.0 Å². The number of rotatable bonds is 7. The molecule has 1 saturated carbocycles. The van der Waals surface area contributed by atoms with E-state index in [0.717, 1.165) is 29.9 Å². The van der Waals surface area contributed by atoms with Crippen LogP contribution in [0.2, 0.25) is 0 Å². The van der Waals surface area contributed by atoms with E-state index in [1.54, 1.807) is 11.7 Å². The zero-order chi connectivity index (χ0) is 27.8. The van der Waals surface area contributed by atoms with E-state index in [0.29, 0.717) is 32.0 Å². The molecule has 2 amide bonds. The molecule has 1 aromatic carbocycles. The number of amides is 2. The van der Waals surface area contributed by atoms with Crippen molar-refractivity contribution >= 4 is 39.7 Å². The maximum atomic E-state index is 13.3. The molecular formula is C26H29F3N6O3S. The van der Waals surface area contributed by atoms with Crippen LogP contribution in [0.5, 0.6) is 0 Å². The molecule has 3 heterocycles. The van der Waals surface area contributed by atoms with Gasteiger partial charge in [0.2, 0.25) is 5.91 Å². The molecule has 9 nitrogen and oxygen atoms in total. The van der Waals surface area contributed by atoms with Crippen molar-refractivity contribution in [2.75, 3.05) is 32.0 Å². The number of pyridine rings is 1. The summed E-state index contributed by atoms with van der Waals surface area (Å²) in [6, 6.07) is 4.74. The number of alkyl halides is 3. The lowest BCUT2D eigenvalue weighted by molar-refractivity contribution is -0.137. The van der Waals surface area contributed by atoms with Crippen LogP contribution in [0.25, 0.3) is 10.9 Å². The second-order valence-electron chi connectivity index (χ2n) is 10.1. The Morgan fingerprint density at radius 2 is 1.95 bits per heavy atom. The van der Waals surface area contributed by atoms with Gasteiger partial charge in [-0.2, -0.15) is 13.2 Å². The number of nitrogens with zero attached hydrogens (tertiary/aromatic N) is 3. The lowest BCUT2D eigenvalue weighted by Crippen LogP contribution is -2.63. The molecule has 3 aromatic rings. The number of fused-ring (bicyclic) bond motifs is 1. The van der Waals surface area contributed by atoms with Crippen molar-refractivity contribution in [1.29, 1.82) is 0 Å². The first kappa shape index (κ1) is 27.3. The van der Waals surface area contributed by atoms with Crippen molar-refractivity contribution in [2.24, 2.45) is 0 Å². The van der Waals surface area contributed by atoms with E-state index in [1.807, 2.05) is 0 Å². The molecule has 39 heavy (non-hydrogen) atoms. The number of halogens is 3. The molecule has 2 fully saturated rings. The largest absolute Gasteiger partial charge is 0.416 e. The van der Waals surface area contributed by atoms with Gasteiger partial charge in [-0.1, -0.05) is 0 Å². The van der Waals surface area contributed by atoms with Crippen LogP contribution >= 0.6 is 11.3 Å². The fourth-order valence-corrected chi connectivity index (χ4v) is 6.07. The number of benzene rings is 1. The number of carbonyl (C=O) groups is 2. The van der Waals surface area contributed by atoms with Gasteiger partial charge in [-0.15, -0.1) is 11.3 Å². The van der Waals surface area contributed by atoms with Crippen LogP contribution in [0, 0.1) is 0 Å². The number of hydrogen-bond donors (Lipinski definition) is 4. The molecule has 5 rings (SSSR count). The number of aliphatic hydroxyl groups is 1. The van der Waals surface area contributed by atoms with Crippen molar-refractivity contribution in [2.45, 2.75) is 49.5 Å². The molecule has 4 N–H and O–H groups in total. The number of carbonyl (C=O) groups excluding carboxylic acids is 2. The van der Waals surface area contributed by atoms with Gasteiger partial charge in [0.05, 0.1) is 34.1 Å². The van der Waals surface area contributed by atoms with E-state index < -0.39 is 23.2 Å². The first-order valence-electron chi connectivity index (χ1n) is 12.7. The minimum atomic E-state index is -4.55. The van der Waals surface area contributed by atoms with Gasteiger partial charge in [-0.05, 0) is 49.9 Å². The first-order chi connectivity index (χ1) is 18.6. The summed E-state index contributed by atoms with van der Waals surface area (Å²) >= 11 is 1.47. The minimum absolute atomic E-state index is 0.0250. The van der Waals surface area contributed by atoms with E-state index in [2.05, 4.69) is 30.8 Å². The fraction of sp³-hybridized carbons (Fsp3) is 0.462. The van der Waals surface area contributed by atoms with E-state index in [-0.39, 0.29) is 40.8 Å². The summed E-state index contributed by atoms with van der Waals surface area (Å²) in [6.07, 6.45) is 0.253. The van der Waals surface area contributed by atoms with Gasteiger partial charge in [0.15, 0.2) is 0 Å². The van der Waals surface area contributed by atoms with Gasteiger partial charge in [0.25, 0.3) is 5.91 Å². The van der Waals surface area contributed by atoms with E-state index in [4.69, 9.17) is 0 Å². The Morgan fingerprint density at radius 1 is 1.21 bits per heavy atom. The molecule has 13 heteroatoms. The molecule has 1 aliphatic carbocycles.